The maximum atomic E-state index is 12.6. The molecule has 4 atom stereocenters. The number of nitrogens with one attached hydrogen (secondary N) is 1. The molecule has 2 fully saturated rings. The highest BCUT2D eigenvalue weighted by atomic mass is 35.5. The Kier molecular flexibility index (Phi) is 5.48. The van der Waals surface area contributed by atoms with Crippen LogP contribution in [0, 0.1) is 5.92 Å². The third-order valence-electron chi connectivity index (χ3n) is 4.94. The predicted octanol–water partition coefficient (Wildman–Crippen LogP) is 2.36. The zero-order chi connectivity index (χ0) is 14.9. The van der Waals surface area contributed by atoms with Gasteiger partial charge in [0.15, 0.2) is 0 Å². The quantitative estimate of drug-likeness (QED) is 0.897. The molecule has 1 aromatic carbocycles. The van der Waals surface area contributed by atoms with Crippen LogP contribution in [0.1, 0.15) is 38.2 Å². The topological polar surface area (TPSA) is 64.4 Å². The summed E-state index contributed by atoms with van der Waals surface area (Å²) in [6.07, 6.45) is 4.63. The first-order valence-electron chi connectivity index (χ1n) is 7.86. The number of halogens is 1. The van der Waals surface area contributed by atoms with Gasteiger partial charge in [-0.15, -0.1) is 12.4 Å². The smallest absolute Gasteiger partial charge is 0.244 e. The summed E-state index contributed by atoms with van der Waals surface area (Å²) < 4.78 is 5.76. The number of ether oxygens (including phenoxy) is 1. The van der Waals surface area contributed by atoms with Gasteiger partial charge in [-0.05, 0) is 38.2 Å². The van der Waals surface area contributed by atoms with Crippen molar-refractivity contribution in [2.75, 3.05) is 6.61 Å². The molecular weight excluding hydrogens is 300 g/mol. The summed E-state index contributed by atoms with van der Waals surface area (Å²) in [4.78, 5) is 12.6. The van der Waals surface area contributed by atoms with E-state index in [0.717, 1.165) is 37.9 Å². The van der Waals surface area contributed by atoms with Crippen molar-refractivity contribution in [1.82, 2.24) is 5.32 Å². The molecule has 0 radical (unpaired) electrons. The summed E-state index contributed by atoms with van der Waals surface area (Å²) >= 11 is 0. The molecule has 122 valence electrons. The molecule has 0 bridgehead atoms. The third kappa shape index (κ3) is 3.29. The molecule has 1 aliphatic carbocycles. The Bertz CT molecular complexity index is 507. The van der Waals surface area contributed by atoms with E-state index >= 15 is 0 Å². The van der Waals surface area contributed by atoms with Crippen molar-refractivity contribution in [3.63, 3.8) is 0 Å². The van der Waals surface area contributed by atoms with Crippen LogP contribution >= 0.6 is 12.4 Å². The molecule has 4 nitrogen and oxygen atoms in total. The van der Waals surface area contributed by atoms with Crippen LogP contribution in [0.25, 0.3) is 0 Å². The van der Waals surface area contributed by atoms with E-state index in [1.165, 1.54) is 0 Å². The van der Waals surface area contributed by atoms with E-state index in [4.69, 9.17) is 10.5 Å². The Morgan fingerprint density at radius 3 is 2.73 bits per heavy atom. The van der Waals surface area contributed by atoms with Crippen molar-refractivity contribution in [2.24, 2.45) is 11.7 Å². The number of fused-ring (bicyclic) bond motifs is 1. The molecule has 1 saturated carbocycles. The van der Waals surface area contributed by atoms with Gasteiger partial charge in [0.1, 0.15) is 5.54 Å². The summed E-state index contributed by atoms with van der Waals surface area (Å²) in [7, 11) is 0. The molecule has 1 saturated heterocycles. The number of hydrogen-bond donors (Lipinski definition) is 2. The monoisotopic (exact) mass is 324 g/mol. The second kappa shape index (κ2) is 6.99. The molecule has 1 aliphatic heterocycles. The number of rotatable bonds is 3. The normalized spacial score (nSPS) is 29.8. The predicted molar refractivity (Wildman–Crippen MR) is 88.9 cm³/mol. The fourth-order valence-electron chi connectivity index (χ4n) is 3.59. The van der Waals surface area contributed by atoms with Crippen LogP contribution in [-0.4, -0.2) is 24.7 Å². The van der Waals surface area contributed by atoms with Crippen molar-refractivity contribution in [1.29, 1.82) is 0 Å². The molecule has 1 heterocycles. The first-order chi connectivity index (χ1) is 10.1. The Morgan fingerprint density at radius 2 is 2.00 bits per heavy atom. The SMILES string of the molecule is CC(N)(C(=O)NC1CCCC2OCCC12)c1ccccc1.Cl. The summed E-state index contributed by atoms with van der Waals surface area (Å²) in [6, 6.07) is 9.76. The first kappa shape index (κ1) is 17.3. The maximum Gasteiger partial charge on any atom is 0.244 e. The van der Waals surface area contributed by atoms with Gasteiger partial charge in [0.05, 0.1) is 6.10 Å². The molecule has 3 rings (SSSR count). The van der Waals surface area contributed by atoms with Crippen molar-refractivity contribution >= 4 is 18.3 Å². The fraction of sp³-hybridized carbons (Fsp3) is 0.588. The molecule has 1 aromatic rings. The van der Waals surface area contributed by atoms with Gasteiger partial charge in [0.2, 0.25) is 5.91 Å². The van der Waals surface area contributed by atoms with Gasteiger partial charge in [-0.2, -0.15) is 0 Å². The first-order valence-corrected chi connectivity index (χ1v) is 7.86. The Balaban J connectivity index is 0.00000176. The van der Waals surface area contributed by atoms with Gasteiger partial charge in [-0.1, -0.05) is 30.3 Å². The zero-order valence-corrected chi connectivity index (χ0v) is 13.8. The lowest BCUT2D eigenvalue weighted by Gasteiger charge is -2.35. The van der Waals surface area contributed by atoms with Gasteiger partial charge in [0, 0.05) is 18.6 Å². The molecule has 0 spiro atoms. The minimum absolute atomic E-state index is 0. The molecule has 5 heteroatoms. The van der Waals surface area contributed by atoms with Crippen molar-refractivity contribution in [3.05, 3.63) is 35.9 Å². The zero-order valence-electron chi connectivity index (χ0n) is 13.0. The number of amides is 1. The molecule has 3 N–H and O–H groups in total. The molecule has 1 amide bonds. The molecule has 0 aromatic heterocycles. The van der Waals surface area contributed by atoms with E-state index < -0.39 is 5.54 Å². The second-order valence-electron chi connectivity index (χ2n) is 6.44. The molecule has 4 unspecified atom stereocenters. The van der Waals surface area contributed by atoms with Crippen LogP contribution in [0.4, 0.5) is 0 Å². The van der Waals surface area contributed by atoms with Gasteiger partial charge in [0.25, 0.3) is 0 Å². The maximum absolute atomic E-state index is 12.6. The van der Waals surface area contributed by atoms with E-state index in [0.29, 0.717) is 12.0 Å². The average molecular weight is 325 g/mol. The van der Waals surface area contributed by atoms with Crippen molar-refractivity contribution in [2.45, 2.75) is 50.3 Å². The van der Waals surface area contributed by atoms with E-state index in [-0.39, 0.29) is 24.4 Å². The average Bonchev–Trinajstić information content (AvgIpc) is 2.97. The van der Waals surface area contributed by atoms with Gasteiger partial charge >= 0.3 is 0 Å². The highest BCUT2D eigenvalue weighted by molar-refractivity contribution is 5.87. The largest absolute Gasteiger partial charge is 0.378 e. The summed E-state index contributed by atoms with van der Waals surface area (Å²) in [6.45, 7) is 2.60. The van der Waals surface area contributed by atoms with Crippen molar-refractivity contribution < 1.29 is 9.53 Å². The Labute approximate surface area is 138 Å². The van der Waals surface area contributed by atoms with E-state index in [2.05, 4.69) is 5.32 Å². The van der Waals surface area contributed by atoms with Gasteiger partial charge in [-0.3, -0.25) is 4.79 Å². The van der Waals surface area contributed by atoms with Crippen LogP contribution in [0.15, 0.2) is 30.3 Å². The second-order valence-corrected chi connectivity index (χ2v) is 6.44. The van der Waals surface area contributed by atoms with Gasteiger partial charge < -0.3 is 15.8 Å². The lowest BCUT2D eigenvalue weighted by Crippen LogP contribution is -2.55. The number of benzene rings is 1. The van der Waals surface area contributed by atoms with Crippen LogP contribution in [0.5, 0.6) is 0 Å². The van der Waals surface area contributed by atoms with Crippen LogP contribution in [0.2, 0.25) is 0 Å². The number of carbonyl (C=O) groups excluding carboxylic acids is 1. The van der Waals surface area contributed by atoms with E-state index in [1.807, 2.05) is 30.3 Å². The number of hydrogen-bond acceptors (Lipinski definition) is 3. The number of carbonyl (C=O) groups is 1. The van der Waals surface area contributed by atoms with E-state index in [1.54, 1.807) is 6.92 Å². The summed E-state index contributed by atoms with van der Waals surface area (Å²) in [5.74, 6) is 0.362. The van der Waals surface area contributed by atoms with Gasteiger partial charge in [-0.25, -0.2) is 0 Å². The minimum Gasteiger partial charge on any atom is -0.378 e. The van der Waals surface area contributed by atoms with E-state index in [9.17, 15) is 4.79 Å². The van der Waals surface area contributed by atoms with Crippen LogP contribution < -0.4 is 11.1 Å². The minimum atomic E-state index is -0.992. The fourth-order valence-corrected chi connectivity index (χ4v) is 3.59. The summed E-state index contributed by atoms with van der Waals surface area (Å²) in [5.41, 5.74) is 6.15. The van der Waals surface area contributed by atoms with Crippen LogP contribution in [0.3, 0.4) is 0 Å². The lowest BCUT2D eigenvalue weighted by molar-refractivity contribution is -0.127. The lowest BCUT2D eigenvalue weighted by atomic mass is 9.81. The third-order valence-corrected chi connectivity index (χ3v) is 4.94. The van der Waals surface area contributed by atoms with Crippen molar-refractivity contribution in [3.8, 4) is 0 Å². The standard InChI is InChI=1S/C17H24N2O2.ClH/c1-17(18,12-6-3-2-4-7-12)16(20)19-14-8-5-9-15-13(14)10-11-21-15;/h2-4,6-7,13-15H,5,8-11,18H2,1H3,(H,19,20);1H. The molecule has 22 heavy (non-hydrogen) atoms. The number of nitrogens with two attached hydrogens (primary N) is 1. The highest BCUT2D eigenvalue weighted by Gasteiger charge is 2.40. The Hall–Kier alpha value is -1.10. The molecular formula is C17H25ClN2O2. The Morgan fingerprint density at radius 1 is 1.27 bits per heavy atom. The highest BCUT2D eigenvalue weighted by Crippen LogP contribution is 2.34. The summed E-state index contributed by atoms with van der Waals surface area (Å²) in [5, 5.41) is 3.19. The van der Waals surface area contributed by atoms with Crippen LogP contribution in [-0.2, 0) is 15.1 Å². The molecule has 2 aliphatic rings.